The molecule has 0 fully saturated rings. The van der Waals surface area contributed by atoms with Gasteiger partial charge in [-0.1, -0.05) is 12.1 Å². The van der Waals surface area contributed by atoms with Crippen LogP contribution in [0.15, 0.2) is 64.6 Å². The second-order valence-corrected chi connectivity index (χ2v) is 6.65. The van der Waals surface area contributed by atoms with Crippen molar-refractivity contribution >= 4 is 27.9 Å². The summed E-state index contributed by atoms with van der Waals surface area (Å²) in [5, 5.41) is 11.9. The molecule has 5 rings (SSSR count). The summed E-state index contributed by atoms with van der Waals surface area (Å²) in [4.78, 5) is 16.4. The van der Waals surface area contributed by atoms with Gasteiger partial charge in [-0.2, -0.15) is 16.4 Å². The zero-order valence-corrected chi connectivity index (χ0v) is 13.9. The zero-order valence-electron chi connectivity index (χ0n) is 13.1. The van der Waals surface area contributed by atoms with Gasteiger partial charge in [0.15, 0.2) is 5.65 Å². The molecule has 4 aromatic heterocycles. The van der Waals surface area contributed by atoms with Gasteiger partial charge in [-0.3, -0.25) is 0 Å². The molecule has 1 aromatic carbocycles. The van der Waals surface area contributed by atoms with E-state index in [-0.39, 0.29) is 5.69 Å². The molecule has 0 spiro atoms. The number of fused-ring (bicyclic) bond motifs is 3. The maximum Gasteiger partial charge on any atom is 0.348 e. The minimum absolute atomic E-state index is 0.225. The van der Waals surface area contributed by atoms with Gasteiger partial charge in [0.05, 0.1) is 11.8 Å². The highest BCUT2D eigenvalue weighted by Gasteiger charge is 2.12. The molecule has 6 nitrogen and oxygen atoms in total. The summed E-state index contributed by atoms with van der Waals surface area (Å²) in [5.41, 5.74) is 4.58. The van der Waals surface area contributed by atoms with Crippen LogP contribution in [-0.2, 0) is 6.54 Å². The largest absolute Gasteiger partial charge is 0.348 e. The van der Waals surface area contributed by atoms with Gasteiger partial charge in [0.1, 0.15) is 0 Å². The highest BCUT2D eigenvalue weighted by Crippen LogP contribution is 2.28. The van der Waals surface area contributed by atoms with E-state index in [4.69, 9.17) is 0 Å². The summed E-state index contributed by atoms with van der Waals surface area (Å²) < 4.78 is 3.63. The van der Waals surface area contributed by atoms with Crippen molar-refractivity contribution in [3.05, 3.63) is 75.9 Å². The van der Waals surface area contributed by atoms with Crippen molar-refractivity contribution in [2.45, 2.75) is 6.54 Å². The van der Waals surface area contributed by atoms with Crippen LogP contribution < -0.4 is 5.69 Å². The van der Waals surface area contributed by atoms with Gasteiger partial charge in [-0.05, 0) is 45.6 Å². The van der Waals surface area contributed by atoms with E-state index in [2.05, 4.69) is 50.2 Å². The Kier molecular flexibility index (Phi) is 3.07. The first-order valence-corrected chi connectivity index (χ1v) is 8.75. The number of thiophene rings is 1. The molecule has 4 heterocycles. The molecule has 7 heteroatoms. The second kappa shape index (κ2) is 5.42. The van der Waals surface area contributed by atoms with Crippen LogP contribution >= 0.6 is 11.3 Å². The number of imidazole rings is 1. The number of nitrogens with zero attached hydrogens (tertiary/aromatic N) is 4. The molecule has 0 radical (unpaired) electrons. The van der Waals surface area contributed by atoms with Crippen molar-refractivity contribution in [3.63, 3.8) is 0 Å². The third-order valence-corrected chi connectivity index (χ3v) is 5.04. The summed E-state index contributed by atoms with van der Waals surface area (Å²) in [6, 6.07) is 10.3. The van der Waals surface area contributed by atoms with E-state index < -0.39 is 0 Å². The van der Waals surface area contributed by atoms with E-state index in [1.165, 1.54) is 0 Å². The molecule has 0 aliphatic heterocycles. The van der Waals surface area contributed by atoms with Crippen LogP contribution in [0.25, 0.3) is 27.7 Å². The summed E-state index contributed by atoms with van der Waals surface area (Å²) in [5.74, 6) is 0. The Balaban J connectivity index is 1.81. The van der Waals surface area contributed by atoms with Crippen LogP contribution in [0.4, 0.5) is 0 Å². The summed E-state index contributed by atoms with van der Waals surface area (Å²) in [7, 11) is 0. The van der Waals surface area contributed by atoms with Crippen LogP contribution in [0.1, 0.15) is 5.56 Å². The summed E-state index contributed by atoms with van der Waals surface area (Å²) in [6.07, 6.45) is 5.47. The Morgan fingerprint density at radius 2 is 2.12 bits per heavy atom. The molecule has 5 aromatic rings. The molecule has 0 saturated carbocycles. The molecule has 0 aliphatic rings. The highest BCUT2D eigenvalue weighted by atomic mass is 32.1. The minimum atomic E-state index is -0.225. The van der Waals surface area contributed by atoms with Crippen LogP contribution in [0.5, 0.6) is 0 Å². The van der Waals surface area contributed by atoms with E-state index in [0.29, 0.717) is 12.2 Å². The highest BCUT2D eigenvalue weighted by molar-refractivity contribution is 7.08. The summed E-state index contributed by atoms with van der Waals surface area (Å²) >= 11 is 1.66. The second-order valence-electron chi connectivity index (χ2n) is 5.87. The topological polar surface area (TPSA) is 68.0 Å². The summed E-state index contributed by atoms with van der Waals surface area (Å²) in [6.45, 7) is 0.672. The lowest BCUT2D eigenvalue weighted by atomic mass is 10.0. The fraction of sp³-hybridized carbons (Fsp3) is 0.0556. The average molecular weight is 347 g/mol. The Morgan fingerprint density at radius 1 is 1.16 bits per heavy atom. The molecule has 25 heavy (non-hydrogen) atoms. The van der Waals surface area contributed by atoms with Gasteiger partial charge in [0, 0.05) is 24.3 Å². The number of H-pyrrole nitrogens is 1. The van der Waals surface area contributed by atoms with Crippen molar-refractivity contribution < 1.29 is 0 Å². The van der Waals surface area contributed by atoms with Crippen molar-refractivity contribution in [1.29, 1.82) is 0 Å². The number of nitrogens with one attached hydrogen (secondary N) is 1. The van der Waals surface area contributed by atoms with Gasteiger partial charge in [-0.25, -0.2) is 19.3 Å². The van der Waals surface area contributed by atoms with Gasteiger partial charge < -0.3 is 4.57 Å². The molecular weight excluding hydrogens is 334 g/mol. The standard InChI is InChI=1S/C18H13N5OS/c24-18-21-20-17-8-14(9-22-5-4-19-11-22)15-2-1-12(7-16(15)23(17)18)13-3-6-25-10-13/h1-8,10-11H,9H2,(H,21,24). The van der Waals surface area contributed by atoms with Crippen molar-refractivity contribution in [2.24, 2.45) is 0 Å². The van der Waals surface area contributed by atoms with Gasteiger partial charge in [-0.15, -0.1) is 0 Å². The molecule has 0 amide bonds. The Hall–Kier alpha value is -3.19. The number of hydrogen-bond donors (Lipinski definition) is 1. The number of pyridine rings is 1. The zero-order chi connectivity index (χ0) is 16.8. The third kappa shape index (κ3) is 2.28. The minimum Gasteiger partial charge on any atom is -0.333 e. The van der Waals surface area contributed by atoms with Crippen LogP contribution in [-0.4, -0.2) is 24.1 Å². The molecule has 0 atom stereocenters. The van der Waals surface area contributed by atoms with Gasteiger partial charge in [0.2, 0.25) is 0 Å². The number of benzene rings is 1. The monoisotopic (exact) mass is 347 g/mol. The molecule has 0 saturated heterocycles. The third-order valence-electron chi connectivity index (χ3n) is 4.35. The van der Waals surface area contributed by atoms with Crippen molar-refractivity contribution in [1.82, 2.24) is 24.1 Å². The van der Waals surface area contributed by atoms with Crippen molar-refractivity contribution in [2.75, 3.05) is 0 Å². The molecule has 0 bridgehead atoms. The van der Waals surface area contributed by atoms with Crippen LogP contribution in [0, 0.1) is 0 Å². The van der Waals surface area contributed by atoms with E-state index in [9.17, 15) is 4.79 Å². The molecule has 0 unspecified atom stereocenters. The Labute approximate surface area is 146 Å². The average Bonchev–Trinajstić information content (AvgIpc) is 3.37. The molecule has 1 N–H and O–H groups in total. The lowest BCUT2D eigenvalue weighted by Gasteiger charge is -2.10. The normalized spacial score (nSPS) is 11.5. The predicted octanol–water partition coefficient (Wildman–Crippen LogP) is 3.15. The fourth-order valence-corrected chi connectivity index (χ4v) is 3.84. The maximum atomic E-state index is 12.3. The number of aromatic amines is 1. The van der Waals surface area contributed by atoms with Crippen molar-refractivity contribution in [3.8, 4) is 11.1 Å². The molecular formula is C18H13N5OS. The van der Waals surface area contributed by atoms with Gasteiger partial charge in [0.25, 0.3) is 0 Å². The van der Waals surface area contributed by atoms with E-state index in [0.717, 1.165) is 27.6 Å². The first-order chi connectivity index (χ1) is 12.3. The smallest absolute Gasteiger partial charge is 0.333 e. The van der Waals surface area contributed by atoms with E-state index >= 15 is 0 Å². The fourth-order valence-electron chi connectivity index (χ4n) is 3.18. The number of rotatable bonds is 3. The van der Waals surface area contributed by atoms with Gasteiger partial charge >= 0.3 is 5.69 Å². The molecule has 122 valence electrons. The quantitative estimate of drug-likeness (QED) is 0.545. The first-order valence-electron chi connectivity index (χ1n) is 7.81. The van der Waals surface area contributed by atoms with E-state index in [1.54, 1.807) is 28.3 Å². The molecule has 0 aliphatic carbocycles. The predicted molar refractivity (Wildman–Crippen MR) is 98.0 cm³/mol. The number of aromatic nitrogens is 5. The Morgan fingerprint density at radius 3 is 2.92 bits per heavy atom. The Bertz CT molecular complexity index is 1230. The lowest BCUT2D eigenvalue weighted by molar-refractivity contribution is 0.802. The SMILES string of the molecule is O=c1[nH]nc2cc(Cn3ccnc3)c3ccc(-c4ccsc4)cc3n12. The maximum absolute atomic E-state index is 12.3. The lowest BCUT2D eigenvalue weighted by Crippen LogP contribution is -2.11. The van der Waals surface area contributed by atoms with Crippen LogP contribution in [0.3, 0.4) is 0 Å². The first kappa shape index (κ1) is 14.2. The van der Waals surface area contributed by atoms with E-state index in [1.807, 2.05) is 16.8 Å². The van der Waals surface area contributed by atoms with Crippen LogP contribution in [0.2, 0.25) is 0 Å². The number of hydrogen-bond acceptors (Lipinski definition) is 4.